The molecule has 0 saturated carbocycles. The lowest BCUT2D eigenvalue weighted by atomic mass is 10.1. The third-order valence-electron chi connectivity index (χ3n) is 4.12. The van der Waals surface area contributed by atoms with Crippen molar-refractivity contribution < 1.29 is 0 Å². The number of hydrogen-bond acceptors (Lipinski definition) is 2. The molecule has 2 aromatic carbocycles. The Bertz CT molecular complexity index is 1090. The summed E-state index contributed by atoms with van der Waals surface area (Å²) in [4.78, 5) is 4.79. The van der Waals surface area contributed by atoms with Crippen LogP contribution in [0, 0.1) is 18.3 Å². The van der Waals surface area contributed by atoms with Gasteiger partial charge in [0.2, 0.25) is 0 Å². The normalized spacial score (nSPS) is 11.0. The maximum atomic E-state index is 9.53. The molecule has 0 atom stereocenters. The van der Waals surface area contributed by atoms with Crippen molar-refractivity contribution >= 4 is 28.0 Å². The Morgan fingerprint density at radius 1 is 1.04 bits per heavy atom. The van der Waals surface area contributed by atoms with Crippen LogP contribution < -0.4 is 0 Å². The van der Waals surface area contributed by atoms with Crippen molar-refractivity contribution in [3.8, 4) is 17.3 Å². The van der Waals surface area contributed by atoms with Crippen LogP contribution in [-0.2, 0) is 0 Å². The molecule has 0 amide bonds. The van der Waals surface area contributed by atoms with Crippen LogP contribution in [0.25, 0.3) is 27.7 Å². The van der Waals surface area contributed by atoms with Crippen molar-refractivity contribution in [2.75, 3.05) is 0 Å². The monoisotopic (exact) mass is 317 g/mol. The van der Waals surface area contributed by atoms with Crippen molar-refractivity contribution in [2.24, 2.45) is 0 Å². The highest BCUT2D eigenvalue weighted by molar-refractivity contribution is 6.30. The average molecular weight is 318 g/mol. The molecule has 0 unspecified atom stereocenters. The fraction of sp³-hybridized carbons (Fsp3) is 0.0526. The van der Waals surface area contributed by atoms with Gasteiger partial charge in [0, 0.05) is 33.2 Å². The predicted molar refractivity (Wildman–Crippen MR) is 92.6 cm³/mol. The Kier molecular flexibility index (Phi) is 3.07. The molecular weight excluding hydrogens is 306 g/mol. The van der Waals surface area contributed by atoms with E-state index < -0.39 is 0 Å². The van der Waals surface area contributed by atoms with Gasteiger partial charge in [-0.05, 0) is 19.1 Å². The lowest BCUT2D eigenvalue weighted by molar-refractivity contribution is 1.10. The van der Waals surface area contributed by atoms with E-state index in [2.05, 4.69) is 6.07 Å². The molecule has 4 rings (SSSR count). The van der Waals surface area contributed by atoms with Gasteiger partial charge in [-0.25, -0.2) is 4.98 Å². The minimum atomic E-state index is 0.688. The van der Waals surface area contributed by atoms with Crippen LogP contribution in [0.3, 0.4) is 0 Å². The van der Waals surface area contributed by atoms with E-state index in [-0.39, 0.29) is 0 Å². The SMILES string of the molecule is Cc1c(C#N)c2ccccc2c2nc(-c3ccc(Cl)cc3)cn12. The smallest absolute Gasteiger partial charge is 0.145 e. The molecule has 4 heteroatoms. The summed E-state index contributed by atoms with van der Waals surface area (Å²) in [6, 6.07) is 17.8. The molecule has 0 aliphatic heterocycles. The molecule has 0 aliphatic rings. The van der Waals surface area contributed by atoms with E-state index in [1.807, 2.05) is 66.1 Å². The molecule has 0 N–H and O–H groups in total. The molecule has 0 fully saturated rings. The van der Waals surface area contributed by atoms with Gasteiger partial charge in [0.25, 0.3) is 0 Å². The topological polar surface area (TPSA) is 41.1 Å². The van der Waals surface area contributed by atoms with E-state index in [0.717, 1.165) is 33.4 Å². The molecule has 0 spiro atoms. The van der Waals surface area contributed by atoms with Gasteiger partial charge in [0.1, 0.15) is 11.7 Å². The summed E-state index contributed by atoms with van der Waals surface area (Å²) >= 11 is 5.96. The van der Waals surface area contributed by atoms with Gasteiger partial charge in [0.15, 0.2) is 0 Å². The Balaban J connectivity index is 2.09. The third-order valence-corrected chi connectivity index (χ3v) is 4.37. The first-order chi connectivity index (χ1) is 11.2. The number of halogens is 1. The molecule has 0 aliphatic carbocycles. The van der Waals surface area contributed by atoms with E-state index in [9.17, 15) is 5.26 Å². The molecule has 2 aromatic heterocycles. The first-order valence-electron chi connectivity index (χ1n) is 7.25. The van der Waals surface area contributed by atoms with Crippen molar-refractivity contribution in [1.29, 1.82) is 5.26 Å². The molecule has 0 radical (unpaired) electrons. The van der Waals surface area contributed by atoms with Crippen molar-refractivity contribution in [2.45, 2.75) is 6.92 Å². The standard InChI is InChI=1S/C19H12ClN3/c1-12-17(10-21)15-4-2-3-5-16(15)19-22-18(11-23(12)19)13-6-8-14(20)9-7-13/h2-9,11H,1H3. The molecule has 110 valence electrons. The summed E-state index contributed by atoms with van der Waals surface area (Å²) in [5.74, 6) is 0. The van der Waals surface area contributed by atoms with Crippen LogP contribution in [0.5, 0.6) is 0 Å². The van der Waals surface area contributed by atoms with E-state index in [4.69, 9.17) is 16.6 Å². The molecular formula is C19H12ClN3. The highest BCUT2D eigenvalue weighted by Crippen LogP contribution is 2.29. The van der Waals surface area contributed by atoms with Crippen LogP contribution >= 0.6 is 11.6 Å². The van der Waals surface area contributed by atoms with Crippen molar-refractivity contribution in [3.63, 3.8) is 0 Å². The summed E-state index contributed by atoms with van der Waals surface area (Å²) in [6.45, 7) is 1.95. The Morgan fingerprint density at radius 2 is 1.74 bits per heavy atom. The van der Waals surface area contributed by atoms with E-state index in [1.54, 1.807) is 0 Å². The Hall–Kier alpha value is -2.83. The zero-order chi connectivity index (χ0) is 16.0. The van der Waals surface area contributed by atoms with Crippen molar-refractivity contribution in [1.82, 2.24) is 9.38 Å². The number of nitriles is 1. The zero-order valence-electron chi connectivity index (χ0n) is 12.4. The van der Waals surface area contributed by atoms with E-state index in [0.29, 0.717) is 10.6 Å². The van der Waals surface area contributed by atoms with Gasteiger partial charge in [0.05, 0.1) is 11.3 Å². The minimum absolute atomic E-state index is 0.688. The van der Waals surface area contributed by atoms with Crippen LogP contribution in [0.15, 0.2) is 54.7 Å². The molecule has 0 bridgehead atoms. The summed E-state index contributed by atoms with van der Waals surface area (Å²) < 4.78 is 1.99. The fourth-order valence-electron chi connectivity index (χ4n) is 2.94. The largest absolute Gasteiger partial charge is 0.302 e. The van der Waals surface area contributed by atoms with Gasteiger partial charge < -0.3 is 4.40 Å². The van der Waals surface area contributed by atoms with Gasteiger partial charge in [-0.2, -0.15) is 5.26 Å². The fourth-order valence-corrected chi connectivity index (χ4v) is 3.06. The highest BCUT2D eigenvalue weighted by Gasteiger charge is 2.14. The number of aromatic nitrogens is 2. The maximum absolute atomic E-state index is 9.53. The Labute approximate surface area is 138 Å². The number of aryl methyl sites for hydroxylation is 1. The average Bonchev–Trinajstić information content (AvgIpc) is 3.02. The van der Waals surface area contributed by atoms with E-state index >= 15 is 0 Å². The molecule has 4 aromatic rings. The van der Waals surface area contributed by atoms with Gasteiger partial charge in [-0.1, -0.05) is 48.0 Å². The maximum Gasteiger partial charge on any atom is 0.145 e. The first-order valence-corrected chi connectivity index (χ1v) is 7.63. The quantitative estimate of drug-likeness (QED) is 0.496. The number of fused-ring (bicyclic) bond motifs is 3. The first kappa shape index (κ1) is 13.8. The molecule has 0 saturated heterocycles. The number of nitrogens with zero attached hydrogens (tertiary/aromatic N) is 3. The van der Waals surface area contributed by atoms with Gasteiger partial charge in [-0.3, -0.25) is 0 Å². The summed E-state index contributed by atoms with van der Waals surface area (Å²) in [5.41, 5.74) is 4.31. The molecule has 3 nitrogen and oxygen atoms in total. The Morgan fingerprint density at radius 3 is 2.43 bits per heavy atom. The number of hydrogen-bond donors (Lipinski definition) is 0. The zero-order valence-corrected chi connectivity index (χ0v) is 13.2. The third kappa shape index (κ3) is 2.08. The highest BCUT2D eigenvalue weighted by atomic mass is 35.5. The van der Waals surface area contributed by atoms with E-state index in [1.165, 1.54) is 0 Å². The van der Waals surface area contributed by atoms with Crippen LogP contribution in [0.4, 0.5) is 0 Å². The second-order valence-corrected chi connectivity index (χ2v) is 5.88. The lowest BCUT2D eigenvalue weighted by Gasteiger charge is -2.07. The molecule has 2 heterocycles. The molecule has 23 heavy (non-hydrogen) atoms. The number of pyridine rings is 1. The minimum Gasteiger partial charge on any atom is -0.302 e. The van der Waals surface area contributed by atoms with Gasteiger partial charge >= 0.3 is 0 Å². The predicted octanol–water partition coefficient (Wildman–Crippen LogP) is 4.99. The number of rotatable bonds is 1. The second-order valence-electron chi connectivity index (χ2n) is 5.44. The summed E-state index contributed by atoms with van der Waals surface area (Å²) in [6.07, 6.45) is 1.97. The summed E-state index contributed by atoms with van der Waals surface area (Å²) in [7, 11) is 0. The van der Waals surface area contributed by atoms with Crippen molar-refractivity contribution in [3.05, 3.63) is 71.0 Å². The number of imidazole rings is 1. The van der Waals surface area contributed by atoms with Crippen LogP contribution in [-0.4, -0.2) is 9.38 Å². The summed E-state index contributed by atoms with van der Waals surface area (Å²) in [5, 5.41) is 12.2. The van der Waals surface area contributed by atoms with Gasteiger partial charge in [-0.15, -0.1) is 0 Å². The number of benzene rings is 2. The van der Waals surface area contributed by atoms with Crippen LogP contribution in [0.2, 0.25) is 5.02 Å². The second kappa shape index (κ2) is 5.12. The van der Waals surface area contributed by atoms with Crippen LogP contribution in [0.1, 0.15) is 11.3 Å². The lowest BCUT2D eigenvalue weighted by Crippen LogP contribution is -1.96.